The molecular weight excluding hydrogens is 192 g/mol. The van der Waals surface area contributed by atoms with Gasteiger partial charge in [0, 0.05) is 5.54 Å². The van der Waals surface area contributed by atoms with Gasteiger partial charge in [0.1, 0.15) is 0 Å². The molecule has 0 spiro atoms. The van der Waals surface area contributed by atoms with Crippen LogP contribution in [0.2, 0.25) is 25.2 Å². The standard InChI is InChI=1S/C11H22O2Si/c1-8-6-7-9(12)11(2,13)10(8)14(3,4)5/h6,9-10,12-13H,7H2,1-5H3. The van der Waals surface area contributed by atoms with E-state index in [1.807, 2.05) is 0 Å². The van der Waals surface area contributed by atoms with Crippen molar-refractivity contribution in [2.45, 2.75) is 57.2 Å². The van der Waals surface area contributed by atoms with E-state index >= 15 is 0 Å². The Morgan fingerprint density at radius 2 is 1.93 bits per heavy atom. The monoisotopic (exact) mass is 214 g/mol. The molecule has 3 atom stereocenters. The molecule has 3 unspecified atom stereocenters. The summed E-state index contributed by atoms with van der Waals surface area (Å²) < 4.78 is 0. The van der Waals surface area contributed by atoms with Crippen LogP contribution in [0.3, 0.4) is 0 Å². The van der Waals surface area contributed by atoms with Crippen LogP contribution in [0, 0.1) is 0 Å². The van der Waals surface area contributed by atoms with E-state index in [1.54, 1.807) is 6.92 Å². The number of aliphatic hydroxyl groups is 2. The van der Waals surface area contributed by atoms with Crippen LogP contribution < -0.4 is 0 Å². The van der Waals surface area contributed by atoms with Gasteiger partial charge in [-0.05, 0) is 20.3 Å². The lowest BCUT2D eigenvalue weighted by molar-refractivity contribution is -0.0647. The van der Waals surface area contributed by atoms with Gasteiger partial charge in [-0.3, -0.25) is 0 Å². The maximum absolute atomic E-state index is 10.4. The fourth-order valence-corrected chi connectivity index (χ4v) is 6.30. The van der Waals surface area contributed by atoms with Crippen LogP contribution in [-0.4, -0.2) is 30.0 Å². The first-order valence-corrected chi connectivity index (χ1v) is 8.82. The number of hydrogen-bond donors (Lipinski definition) is 2. The number of hydrogen-bond acceptors (Lipinski definition) is 2. The van der Waals surface area contributed by atoms with Crippen molar-refractivity contribution in [1.29, 1.82) is 0 Å². The van der Waals surface area contributed by atoms with Gasteiger partial charge in [0.25, 0.3) is 0 Å². The van der Waals surface area contributed by atoms with Gasteiger partial charge in [-0.1, -0.05) is 31.3 Å². The first kappa shape index (κ1) is 11.9. The Morgan fingerprint density at radius 1 is 1.43 bits per heavy atom. The molecule has 0 fully saturated rings. The molecule has 0 radical (unpaired) electrons. The minimum atomic E-state index is -1.47. The largest absolute Gasteiger partial charge is 0.390 e. The van der Waals surface area contributed by atoms with Gasteiger partial charge in [-0.2, -0.15) is 0 Å². The van der Waals surface area contributed by atoms with Gasteiger partial charge in [-0.25, -0.2) is 0 Å². The minimum Gasteiger partial charge on any atom is -0.390 e. The molecule has 14 heavy (non-hydrogen) atoms. The average Bonchev–Trinajstić information content (AvgIpc) is 1.94. The molecule has 1 rings (SSSR count). The molecule has 0 aliphatic heterocycles. The van der Waals surface area contributed by atoms with Crippen molar-refractivity contribution in [3.05, 3.63) is 11.6 Å². The van der Waals surface area contributed by atoms with Crippen LogP contribution in [0.1, 0.15) is 20.3 Å². The van der Waals surface area contributed by atoms with E-state index in [-0.39, 0.29) is 5.54 Å². The quantitative estimate of drug-likeness (QED) is 0.519. The highest BCUT2D eigenvalue weighted by atomic mass is 28.3. The molecule has 0 aromatic rings. The third-order valence-electron chi connectivity index (χ3n) is 3.24. The summed E-state index contributed by atoms with van der Waals surface area (Å²) in [7, 11) is -1.47. The highest BCUT2D eigenvalue weighted by Crippen LogP contribution is 2.44. The summed E-state index contributed by atoms with van der Waals surface area (Å²) in [4.78, 5) is 0. The van der Waals surface area contributed by atoms with E-state index in [4.69, 9.17) is 0 Å². The molecular formula is C11H22O2Si. The summed E-state index contributed by atoms with van der Waals surface area (Å²) in [6.07, 6.45) is 2.05. The molecule has 1 aliphatic rings. The van der Waals surface area contributed by atoms with Crippen LogP contribution in [0.4, 0.5) is 0 Å². The van der Waals surface area contributed by atoms with Crippen LogP contribution in [-0.2, 0) is 0 Å². The van der Waals surface area contributed by atoms with Crippen molar-refractivity contribution >= 4 is 8.07 Å². The van der Waals surface area contributed by atoms with Crippen molar-refractivity contribution in [2.75, 3.05) is 0 Å². The summed E-state index contributed by atoms with van der Waals surface area (Å²) in [5.74, 6) is 0. The van der Waals surface area contributed by atoms with Gasteiger partial charge >= 0.3 is 0 Å². The lowest BCUT2D eigenvalue weighted by Gasteiger charge is -2.46. The summed E-state index contributed by atoms with van der Waals surface area (Å²) in [6, 6.07) is 0. The van der Waals surface area contributed by atoms with E-state index in [1.165, 1.54) is 5.57 Å². The summed E-state index contributed by atoms with van der Waals surface area (Å²) in [6.45, 7) is 10.6. The first-order valence-electron chi connectivity index (χ1n) is 5.24. The zero-order chi connectivity index (χ0) is 11.1. The molecule has 0 aromatic carbocycles. The van der Waals surface area contributed by atoms with Crippen molar-refractivity contribution < 1.29 is 10.2 Å². The van der Waals surface area contributed by atoms with Crippen LogP contribution in [0.15, 0.2) is 11.6 Å². The average molecular weight is 214 g/mol. The molecule has 0 aromatic heterocycles. The second-order valence-electron chi connectivity index (χ2n) is 5.72. The Morgan fingerprint density at radius 3 is 2.29 bits per heavy atom. The molecule has 0 bridgehead atoms. The normalized spacial score (nSPS) is 39.5. The molecule has 0 heterocycles. The Labute approximate surface area is 87.7 Å². The molecule has 0 saturated heterocycles. The predicted octanol–water partition coefficient (Wildman–Crippen LogP) is 2.16. The third-order valence-corrected chi connectivity index (χ3v) is 6.02. The predicted molar refractivity (Wildman–Crippen MR) is 62.1 cm³/mol. The molecule has 3 heteroatoms. The summed E-state index contributed by atoms with van der Waals surface area (Å²) >= 11 is 0. The molecule has 82 valence electrons. The summed E-state index contributed by atoms with van der Waals surface area (Å²) in [5, 5.41) is 20.2. The molecule has 0 saturated carbocycles. The van der Waals surface area contributed by atoms with Gasteiger partial charge in [-0.15, -0.1) is 0 Å². The van der Waals surface area contributed by atoms with E-state index in [0.717, 1.165) is 0 Å². The smallest absolute Gasteiger partial charge is 0.0921 e. The Bertz CT molecular complexity index is 251. The van der Waals surface area contributed by atoms with E-state index in [0.29, 0.717) is 6.42 Å². The lowest BCUT2D eigenvalue weighted by atomic mass is 9.83. The zero-order valence-corrected chi connectivity index (χ0v) is 10.8. The van der Waals surface area contributed by atoms with Crippen LogP contribution in [0.5, 0.6) is 0 Å². The fraction of sp³-hybridized carbons (Fsp3) is 0.818. The zero-order valence-electron chi connectivity index (χ0n) is 9.83. The second-order valence-corrected chi connectivity index (χ2v) is 11.0. The molecule has 2 nitrogen and oxygen atoms in total. The minimum absolute atomic E-state index is 0.166. The lowest BCUT2D eigenvalue weighted by Crippen LogP contribution is -2.53. The molecule has 1 aliphatic carbocycles. The Balaban J connectivity index is 3.11. The van der Waals surface area contributed by atoms with Gasteiger partial charge in [0.2, 0.25) is 0 Å². The third kappa shape index (κ3) is 1.95. The highest BCUT2D eigenvalue weighted by molar-refractivity contribution is 6.78. The maximum atomic E-state index is 10.4. The van der Waals surface area contributed by atoms with Gasteiger partial charge < -0.3 is 10.2 Å². The number of aliphatic hydroxyl groups excluding tert-OH is 1. The summed E-state index contributed by atoms with van der Waals surface area (Å²) in [5.41, 5.74) is 0.474. The van der Waals surface area contributed by atoms with E-state index in [9.17, 15) is 10.2 Å². The Kier molecular flexibility index (Phi) is 2.96. The van der Waals surface area contributed by atoms with Crippen LogP contribution in [0.25, 0.3) is 0 Å². The van der Waals surface area contributed by atoms with E-state index < -0.39 is 19.8 Å². The molecule has 2 N–H and O–H groups in total. The first-order chi connectivity index (χ1) is 6.17. The van der Waals surface area contributed by atoms with Gasteiger partial charge in [0.15, 0.2) is 0 Å². The second kappa shape index (κ2) is 3.47. The number of rotatable bonds is 1. The van der Waals surface area contributed by atoms with Crippen molar-refractivity contribution in [2.24, 2.45) is 0 Å². The fourth-order valence-electron chi connectivity index (χ4n) is 2.87. The van der Waals surface area contributed by atoms with Gasteiger partial charge in [0.05, 0.1) is 19.8 Å². The van der Waals surface area contributed by atoms with E-state index in [2.05, 4.69) is 32.6 Å². The van der Waals surface area contributed by atoms with Crippen molar-refractivity contribution in [3.63, 3.8) is 0 Å². The van der Waals surface area contributed by atoms with Crippen LogP contribution >= 0.6 is 0 Å². The SMILES string of the molecule is CC1=CCC(O)C(C)(O)C1[Si](C)(C)C. The maximum Gasteiger partial charge on any atom is 0.0921 e. The Hall–Kier alpha value is -0.123. The topological polar surface area (TPSA) is 40.5 Å². The van der Waals surface area contributed by atoms with Crippen molar-refractivity contribution in [1.82, 2.24) is 0 Å². The molecule has 0 amide bonds. The highest BCUT2D eigenvalue weighted by Gasteiger charge is 2.47. The van der Waals surface area contributed by atoms with Crippen molar-refractivity contribution in [3.8, 4) is 0 Å².